The van der Waals surface area contributed by atoms with Gasteiger partial charge in [0, 0.05) is 17.8 Å². The molecule has 100 valence electrons. The molecule has 1 aromatic rings. The summed E-state index contributed by atoms with van der Waals surface area (Å²) in [7, 11) is 0. The SMILES string of the molecule is CC(C)Cc1nc(C(=O)NC2CCNCC2)cs1. The Balaban J connectivity index is 1.89. The third-order valence-corrected chi connectivity index (χ3v) is 3.91. The Labute approximate surface area is 112 Å². The van der Waals surface area contributed by atoms with Gasteiger partial charge in [0.2, 0.25) is 0 Å². The molecule has 0 radical (unpaired) electrons. The number of nitrogens with one attached hydrogen (secondary N) is 2. The minimum Gasteiger partial charge on any atom is -0.348 e. The van der Waals surface area contributed by atoms with E-state index in [-0.39, 0.29) is 5.91 Å². The molecule has 0 spiro atoms. The molecule has 2 rings (SSSR count). The molecule has 0 bridgehead atoms. The van der Waals surface area contributed by atoms with Gasteiger partial charge in [0.25, 0.3) is 5.91 Å². The molecular formula is C13H21N3OS. The van der Waals surface area contributed by atoms with Crippen molar-refractivity contribution in [3.05, 3.63) is 16.1 Å². The molecule has 0 saturated carbocycles. The third-order valence-electron chi connectivity index (χ3n) is 3.04. The van der Waals surface area contributed by atoms with E-state index in [0.717, 1.165) is 37.4 Å². The average molecular weight is 267 g/mol. The van der Waals surface area contributed by atoms with Gasteiger partial charge in [-0.05, 0) is 31.8 Å². The second kappa shape index (κ2) is 6.29. The first-order chi connectivity index (χ1) is 8.65. The van der Waals surface area contributed by atoms with Crippen molar-refractivity contribution in [3.63, 3.8) is 0 Å². The van der Waals surface area contributed by atoms with Crippen molar-refractivity contribution in [3.8, 4) is 0 Å². The van der Waals surface area contributed by atoms with Gasteiger partial charge >= 0.3 is 0 Å². The first kappa shape index (κ1) is 13.5. The van der Waals surface area contributed by atoms with Crippen molar-refractivity contribution >= 4 is 17.2 Å². The van der Waals surface area contributed by atoms with Crippen LogP contribution in [0.2, 0.25) is 0 Å². The Kier molecular flexibility index (Phi) is 4.72. The minimum absolute atomic E-state index is 0.0202. The molecule has 4 nitrogen and oxygen atoms in total. The normalized spacial score (nSPS) is 17.1. The highest BCUT2D eigenvalue weighted by Gasteiger charge is 2.18. The van der Waals surface area contributed by atoms with Crippen molar-refractivity contribution in [2.24, 2.45) is 5.92 Å². The quantitative estimate of drug-likeness (QED) is 0.875. The number of carbonyl (C=O) groups excluding carboxylic acids is 1. The van der Waals surface area contributed by atoms with Crippen molar-refractivity contribution in [1.82, 2.24) is 15.6 Å². The number of rotatable bonds is 4. The van der Waals surface area contributed by atoms with Crippen LogP contribution in [0.15, 0.2) is 5.38 Å². The molecule has 1 aliphatic rings. The molecular weight excluding hydrogens is 246 g/mol. The second-order valence-corrected chi connectivity index (χ2v) is 6.16. The van der Waals surface area contributed by atoms with E-state index >= 15 is 0 Å². The fourth-order valence-electron chi connectivity index (χ4n) is 2.08. The third kappa shape index (κ3) is 3.78. The molecule has 1 aromatic heterocycles. The molecule has 18 heavy (non-hydrogen) atoms. The first-order valence-corrected chi connectivity index (χ1v) is 7.49. The average Bonchev–Trinajstić information content (AvgIpc) is 2.78. The standard InChI is InChI=1S/C13H21N3OS/c1-9(2)7-12-16-11(8-18-12)13(17)15-10-3-5-14-6-4-10/h8-10,14H,3-7H2,1-2H3,(H,15,17). The molecule has 0 aromatic carbocycles. The van der Waals surface area contributed by atoms with Crippen molar-refractivity contribution in [2.75, 3.05) is 13.1 Å². The Bertz CT molecular complexity index is 397. The van der Waals surface area contributed by atoms with Crippen molar-refractivity contribution in [2.45, 2.75) is 39.2 Å². The number of carbonyl (C=O) groups is 1. The van der Waals surface area contributed by atoms with Crippen LogP contribution in [0.1, 0.15) is 42.2 Å². The van der Waals surface area contributed by atoms with E-state index in [1.807, 2.05) is 5.38 Å². The first-order valence-electron chi connectivity index (χ1n) is 6.61. The van der Waals surface area contributed by atoms with Gasteiger partial charge in [-0.15, -0.1) is 11.3 Å². The van der Waals surface area contributed by atoms with E-state index in [0.29, 0.717) is 17.7 Å². The van der Waals surface area contributed by atoms with Gasteiger partial charge in [-0.25, -0.2) is 4.98 Å². The summed E-state index contributed by atoms with van der Waals surface area (Å²) >= 11 is 1.58. The molecule has 2 heterocycles. The maximum atomic E-state index is 12.0. The molecule has 0 unspecified atom stereocenters. The Morgan fingerprint density at radius 2 is 2.28 bits per heavy atom. The van der Waals surface area contributed by atoms with Gasteiger partial charge < -0.3 is 10.6 Å². The lowest BCUT2D eigenvalue weighted by Crippen LogP contribution is -2.42. The number of hydrogen-bond donors (Lipinski definition) is 2. The summed E-state index contributed by atoms with van der Waals surface area (Å²) in [6.07, 6.45) is 2.97. The Morgan fingerprint density at radius 3 is 2.94 bits per heavy atom. The van der Waals surface area contributed by atoms with Gasteiger partial charge in [-0.3, -0.25) is 4.79 Å². The molecule has 2 N–H and O–H groups in total. The summed E-state index contributed by atoms with van der Waals surface area (Å²) in [6, 6.07) is 0.300. The largest absolute Gasteiger partial charge is 0.348 e. The van der Waals surface area contributed by atoms with E-state index in [9.17, 15) is 4.79 Å². The highest BCUT2D eigenvalue weighted by atomic mass is 32.1. The van der Waals surface area contributed by atoms with E-state index in [1.165, 1.54) is 0 Å². The van der Waals surface area contributed by atoms with E-state index in [4.69, 9.17) is 0 Å². The molecule has 0 atom stereocenters. The highest BCUT2D eigenvalue weighted by Crippen LogP contribution is 2.14. The number of nitrogens with zero attached hydrogens (tertiary/aromatic N) is 1. The topological polar surface area (TPSA) is 54.0 Å². The zero-order valence-corrected chi connectivity index (χ0v) is 11.8. The van der Waals surface area contributed by atoms with Gasteiger partial charge in [0.15, 0.2) is 0 Å². The van der Waals surface area contributed by atoms with Crippen LogP contribution >= 0.6 is 11.3 Å². The fraction of sp³-hybridized carbons (Fsp3) is 0.692. The Morgan fingerprint density at radius 1 is 1.56 bits per heavy atom. The monoisotopic (exact) mass is 267 g/mol. The molecule has 5 heteroatoms. The molecule has 1 amide bonds. The van der Waals surface area contributed by atoms with Crippen LogP contribution in [-0.2, 0) is 6.42 Å². The van der Waals surface area contributed by atoms with Crippen LogP contribution in [0, 0.1) is 5.92 Å². The number of hydrogen-bond acceptors (Lipinski definition) is 4. The van der Waals surface area contributed by atoms with Crippen LogP contribution in [0.3, 0.4) is 0 Å². The number of amides is 1. The zero-order valence-electron chi connectivity index (χ0n) is 11.0. The number of aromatic nitrogens is 1. The smallest absolute Gasteiger partial charge is 0.270 e. The van der Waals surface area contributed by atoms with E-state index in [2.05, 4.69) is 29.5 Å². The predicted molar refractivity (Wildman–Crippen MR) is 74.0 cm³/mol. The van der Waals surface area contributed by atoms with E-state index in [1.54, 1.807) is 11.3 Å². The van der Waals surface area contributed by atoms with Crippen LogP contribution in [0.25, 0.3) is 0 Å². The maximum Gasteiger partial charge on any atom is 0.270 e. The van der Waals surface area contributed by atoms with Gasteiger partial charge in [0.05, 0.1) is 5.01 Å². The van der Waals surface area contributed by atoms with Gasteiger partial charge in [0.1, 0.15) is 5.69 Å². The van der Waals surface area contributed by atoms with Crippen LogP contribution < -0.4 is 10.6 Å². The molecule has 0 aliphatic carbocycles. The molecule has 1 saturated heterocycles. The van der Waals surface area contributed by atoms with Crippen LogP contribution in [0.5, 0.6) is 0 Å². The summed E-state index contributed by atoms with van der Waals surface area (Å²) in [5, 5.41) is 9.28. The van der Waals surface area contributed by atoms with Gasteiger partial charge in [-0.2, -0.15) is 0 Å². The van der Waals surface area contributed by atoms with Crippen molar-refractivity contribution < 1.29 is 4.79 Å². The summed E-state index contributed by atoms with van der Waals surface area (Å²) in [6.45, 7) is 6.30. The minimum atomic E-state index is -0.0202. The summed E-state index contributed by atoms with van der Waals surface area (Å²) in [5.41, 5.74) is 0.578. The Hall–Kier alpha value is -0.940. The fourth-order valence-corrected chi connectivity index (χ4v) is 3.07. The number of thiazole rings is 1. The summed E-state index contributed by atoms with van der Waals surface area (Å²) < 4.78 is 0. The molecule has 1 fully saturated rings. The summed E-state index contributed by atoms with van der Waals surface area (Å²) in [5.74, 6) is 0.560. The van der Waals surface area contributed by atoms with Crippen molar-refractivity contribution in [1.29, 1.82) is 0 Å². The molecule has 1 aliphatic heterocycles. The lowest BCUT2D eigenvalue weighted by molar-refractivity contribution is 0.0925. The lowest BCUT2D eigenvalue weighted by atomic mass is 10.1. The lowest BCUT2D eigenvalue weighted by Gasteiger charge is -2.23. The summed E-state index contributed by atoms with van der Waals surface area (Å²) in [4.78, 5) is 16.4. The predicted octanol–water partition coefficient (Wildman–Crippen LogP) is 1.82. The number of piperidine rings is 1. The maximum absolute atomic E-state index is 12.0. The zero-order chi connectivity index (χ0) is 13.0. The highest BCUT2D eigenvalue weighted by molar-refractivity contribution is 7.09. The van der Waals surface area contributed by atoms with Crippen LogP contribution in [-0.4, -0.2) is 30.0 Å². The van der Waals surface area contributed by atoms with Crippen LogP contribution in [0.4, 0.5) is 0 Å². The second-order valence-electron chi connectivity index (χ2n) is 5.22. The van der Waals surface area contributed by atoms with Gasteiger partial charge in [-0.1, -0.05) is 13.8 Å². The van der Waals surface area contributed by atoms with E-state index < -0.39 is 0 Å².